The molecule has 1 aromatic rings. The third-order valence-corrected chi connectivity index (χ3v) is 3.33. The summed E-state index contributed by atoms with van der Waals surface area (Å²) < 4.78 is 0. The van der Waals surface area contributed by atoms with Crippen LogP contribution in [0, 0.1) is 6.92 Å². The van der Waals surface area contributed by atoms with Crippen molar-refractivity contribution in [3.8, 4) is 0 Å². The van der Waals surface area contributed by atoms with Crippen molar-refractivity contribution >= 4 is 11.7 Å². The van der Waals surface area contributed by atoms with Crippen molar-refractivity contribution in [3.05, 3.63) is 29.2 Å². The predicted molar refractivity (Wildman–Crippen MR) is 68.6 cm³/mol. The number of aromatic nitrogens is 2. The topological polar surface area (TPSA) is 66.9 Å². The van der Waals surface area contributed by atoms with Crippen molar-refractivity contribution in [1.82, 2.24) is 15.3 Å². The zero-order valence-corrected chi connectivity index (χ0v) is 10.4. The number of nitrogens with zero attached hydrogens (tertiary/aromatic N) is 2. The molecular formula is C13H16N4O. The highest BCUT2D eigenvalue weighted by molar-refractivity contribution is 5.96. The van der Waals surface area contributed by atoms with Crippen LogP contribution in [0.1, 0.15) is 34.7 Å². The largest absolute Gasteiger partial charge is 0.364 e. The molecule has 94 valence electrons. The van der Waals surface area contributed by atoms with Gasteiger partial charge >= 0.3 is 0 Å². The van der Waals surface area contributed by atoms with Crippen molar-refractivity contribution in [2.75, 3.05) is 11.9 Å². The summed E-state index contributed by atoms with van der Waals surface area (Å²) in [5, 5.41) is 6.23. The quantitative estimate of drug-likeness (QED) is 0.767. The Kier molecular flexibility index (Phi) is 2.74. The number of hydrogen-bond acceptors (Lipinski definition) is 4. The first-order valence-corrected chi connectivity index (χ1v) is 6.33. The van der Waals surface area contributed by atoms with E-state index in [0.717, 1.165) is 30.6 Å². The Bertz CT molecular complexity index is 524. The van der Waals surface area contributed by atoms with E-state index in [1.807, 2.05) is 6.92 Å². The van der Waals surface area contributed by atoms with Crippen LogP contribution >= 0.6 is 0 Å². The molecule has 0 bridgehead atoms. The van der Waals surface area contributed by atoms with Crippen LogP contribution in [0.25, 0.3) is 0 Å². The van der Waals surface area contributed by atoms with Crippen LogP contribution in [0.3, 0.4) is 0 Å². The van der Waals surface area contributed by atoms with Gasteiger partial charge in [0.1, 0.15) is 17.3 Å². The lowest BCUT2D eigenvalue weighted by Gasteiger charge is -2.21. The summed E-state index contributed by atoms with van der Waals surface area (Å²) in [4.78, 5) is 20.5. The molecule has 0 radical (unpaired) electrons. The number of allylic oxidation sites excluding steroid dienone is 1. The molecule has 0 saturated heterocycles. The molecule has 1 unspecified atom stereocenters. The van der Waals surface area contributed by atoms with Gasteiger partial charge in [-0.05, 0) is 26.2 Å². The third-order valence-electron chi connectivity index (χ3n) is 3.33. The molecule has 0 fully saturated rings. The molecule has 0 aromatic carbocycles. The Morgan fingerprint density at radius 3 is 3.11 bits per heavy atom. The number of aryl methyl sites for hydroxylation is 1. The van der Waals surface area contributed by atoms with Gasteiger partial charge in [0.2, 0.25) is 0 Å². The number of nitrogens with one attached hydrogen (secondary N) is 2. The molecule has 1 aromatic heterocycles. The highest BCUT2D eigenvalue weighted by atomic mass is 16.1. The number of anilines is 1. The molecule has 18 heavy (non-hydrogen) atoms. The van der Waals surface area contributed by atoms with Crippen LogP contribution in [-0.4, -0.2) is 28.5 Å². The lowest BCUT2D eigenvalue weighted by molar-refractivity contribution is 0.0940. The maximum Gasteiger partial charge on any atom is 0.270 e. The van der Waals surface area contributed by atoms with E-state index in [9.17, 15) is 4.79 Å². The Morgan fingerprint density at radius 1 is 1.44 bits per heavy atom. The minimum atomic E-state index is -0.0910. The monoisotopic (exact) mass is 244 g/mol. The van der Waals surface area contributed by atoms with Gasteiger partial charge < -0.3 is 10.6 Å². The van der Waals surface area contributed by atoms with Crippen LogP contribution in [-0.2, 0) is 6.42 Å². The molecule has 0 saturated carbocycles. The maximum absolute atomic E-state index is 11.8. The van der Waals surface area contributed by atoms with Crippen LogP contribution in [0.5, 0.6) is 0 Å². The summed E-state index contributed by atoms with van der Waals surface area (Å²) in [6, 6.07) is 0.327. The van der Waals surface area contributed by atoms with Gasteiger partial charge in [-0.15, -0.1) is 0 Å². The summed E-state index contributed by atoms with van der Waals surface area (Å²) in [5.74, 6) is 1.37. The van der Waals surface area contributed by atoms with E-state index in [1.54, 1.807) is 0 Å². The van der Waals surface area contributed by atoms with Gasteiger partial charge in [-0.25, -0.2) is 9.97 Å². The van der Waals surface area contributed by atoms with Crippen LogP contribution in [0.2, 0.25) is 0 Å². The van der Waals surface area contributed by atoms with Gasteiger partial charge in [0.25, 0.3) is 5.91 Å². The van der Waals surface area contributed by atoms with E-state index in [4.69, 9.17) is 0 Å². The zero-order chi connectivity index (χ0) is 12.5. The zero-order valence-electron chi connectivity index (χ0n) is 10.4. The average molecular weight is 244 g/mol. The molecule has 5 heteroatoms. The first-order chi connectivity index (χ1) is 8.74. The first-order valence-electron chi connectivity index (χ1n) is 6.33. The van der Waals surface area contributed by atoms with Crippen molar-refractivity contribution in [2.24, 2.45) is 0 Å². The van der Waals surface area contributed by atoms with Crippen LogP contribution in [0.4, 0.5) is 5.82 Å². The summed E-state index contributed by atoms with van der Waals surface area (Å²) in [5.41, 5.74) is 1.47. The molecule has 2 heterocycles. The molecule has 1 aliphatic heterocycles. The molecule has 2 aliphatic rings. The summed E-state index contributed by atoms with van der Waals surface area (Å²) in [6.07, 6.45) is 7.31. The minimum absolute atomic E-state index is 0.0910. The van der Waals surface area contributed by atoms with Gasteiger partial charge in [-0.1, -0.05) is 12.2 Å². The number of hydrogen-bond donors (Lipinski definition) is 2. The predicted octanol–water partition coefficient (Wildman–Crippen LogP) is 1.20. The summed E-state index contributed by atoms with van der Waals surface area (Å²) >= 11 is 0. The molecule has 5 nitrogen and oxygen atoms in total. The van der Waals surface area contributed by atoms with Crippen molar-refractivity contribution in [2.45, 2.75) is 32.2 Å². The van der Waals surface area contributed by atoms with E-state index < -0.39 is 0 Å². The molecule has 3 rings (SSSR count). The van der Waals surface area contributed by atoms with Crippen molar-refractivity contribution in [1.29, 1.82) is 0 Å². The van der Waals surface area contributed by atoms with Crippen LogP contribution < -0.4 is 10.6 Å². The van der Waals surface area contributed by atoms with E-state index in [-0.39, 0.29) is 5.91 Å². The van der Waals surface area contributed by atoms with E-state index >= 15 is 0 Å². The maximum atomic E-state index is 11.8. The van der Waals surface area contributed by atoms with Gasteiger partial charge in [-0.2, -0.15) is 0 Å². The second-order valence-electron chi connectivity index (χ2n) is 4.71. The average Bonchev–Trinajstić information content (AvgIpc) is 2.83. The Labute approximate surface area is 106 Å². The molecule has 2 N–H and O–H groups in total. The van der Waals surface area contributed by atoms with Gasteiger partial charge in [0.15, 0.2) is 0 Å². The summed E-state index contributed by atoms with van der Waals surface area (Å²) in [7, 11) is 0. The fraction of sp³-hybridized carbons (Fsp3) is 0.462. The van der Waals surface area contributed by atoms with Crippen LogP contribution in [0.15, 0.2) is 12.2 Å². The first kappa shape index (κ1) is 11.2. The molecule has 1 amide bonds. The van der Waals surface area contributed by atoms with E-state index in [1.165, 1.54) is 0 Å². The third kappa shape index (κ3) is 1.96. The molecule has 1 atom stereocenters. The smallest absolute Gasteiger partial charge is 0.270 e. The lowest BCUT2D eigenvalue weighted by Crippen LogP contribution is -2.34. The number of amides is 1. The van der Waals surface area contributed by atoms with E-state index in [2.05, 4.69) is 32.8 Å². The lowest BCUT2D eigenvalue weighted by atomic mass is 10.1. The number of rotatable bonds is 2. The molecular weight excluding hydrogens is 228 g/mol. The fourth-order valence-electron chi connectivity index (χ4n) is 2.45. The van der Waals surface area contributed by atoms with E-state index in [0.29, 0.717) is 24.1 Å². The van der Waals surface area contributed by atoms with Gasteiger partial charge in [0, 0.05) is 18.2 Å². The number of carbonyl (C=O) groups excluding carboxylic acids is 1. The highest BCUT2D eigenvalue weighted by Crippen LogP contribution is 2.23. The normalized spacial score (nSPS) is 21.6. The Balaban J connectivity index is 1.97. The number of carbonyl (C=O) groups is 1. The Hall–Kier alpha value is -1.91. The van der Waals surface area contributed by atoms with Crippen molar-refractivity contribution < 1.29 is 4.79 Å². The molecule has 1 aliphatic carbocycles. The SMILES string of the molecule is Cc1nc(NC2C=CCC2)c2c(n1)C(=O)NCC2. The summed E-state index contributed by atoms with van der Waals surface area (Å²) in [6.45, 7) is 2.48. The second-order valence-corrected chi connectivity index (χ2v) is 4.71. The van der Waals surface area contributed by atoms with Crippen molar-refractivity contribution in [3.63, 3.8) is 0 Å². The van der Waals surface area contributed by atoms with Gasteiger partial charge in [0.05, 0.1) is 0 Å². The fourth-order valence-corrected chi connectivity index (χ4v) is 2.45. The van der Waals surface area contributed by atoms with Gasteiger partial charge in [-0.3, -0.25) is 4.79 Å². The second kappa shape index (κ2) is 4.40. The molecule has 0 spiro atoms. The number of fused-ring (bicyclic) bond motifs is 1. The standard InChI is InChI=1S/C13H16N4O/c1-8-15-11-10(6-7-14-13(11)18)12(16-8)17-9-4-2-3-5-9/h2,4,9H,3,5-7H2,1H3,(H,14,18)(H,15,16,17). The highest BCUT2D eigenvalue weighted by Gasteiger charge is 2.24. The Morgan fingerprint density at radius 2 is 2.33 bits per heavy atom. The minimum Gasteiger partial charge on any atom is -0.364 e.